The Labute approximate surface area is 174 Å². The number of likely N-dealkylation sites (tertiary alicyclic amines) is 1. The van der Waals surface area contributed by atoms with E-state index in [0.717, 1.165) is 17.7 Å². The van der Waals surface area contributed by atoms with Gasteiger partial charge in [0.25, 0.3) is 0 Å². The van der Waals surface area contributed by atoms with Gasteiger partial charge in [0, 0.05) is 18.5 Å². The summed E-state index contributed by atoms with van der Waals surface area (Å²) in [6.07, 6.45) is 3.86. The molecular formula is C23H31N2O3S+. The summed E-state index contributed by atoms with van der Waals surface area (Å²) in [4.78, 5) is 14.1. The summed E-state index contributed by atoms with van der Waals surface area (Å²) < 4.78 is 24.8. The SMILES string of the molecule is Cc1ccc(S(=O)(=O)CCC(=O)NCc2ccccc2C[NH+]2CCCCC2)cc1. The van der Waals surface area contributed by atoms with Crippen LogP contribution in [-0.4, -0.2) is 33.2 Å². The lowest BCUT2D eigenvalue weighted by atomic mass is 10.0. The molecule has 0 saturated carbocycles. The van der Waals surface area contributed by atoms with Crippen molar-refractivity contribution < 1.29 is 18.1 Å². The summed E-state index contributed by atoms with van der Waals surface area (Å²) in [5, 5.41) is 2.90. The summed E-state index contributed by atoms with van der Waals surface area (Å²) in [7, 11) is -3.45. The van der Waals surface area contributed by atoms with Crippen molar-refractivity contribution in [2.45, 2.75) is 50.6 Å². The predicted molar refractivity (Wildman–Crippen MR) is 114 cm³/mol. The molecule has 2 aromatic rings. The van der Waals surface area contributed by atoms with Crippen molar-refractivity contribution in [3.8, 4) is 0 Å². The number of piperidine rings is 1. The lowest BCUT2D eigenvalue weighted by Gasteiger charge is -2.24. The van der Waals surface area contributed by atoms with Gasteiger partial charge in [0.05, 0.1) is 23.7 Å². The maximum atomic E-state index is 12.4. The molecule has 1 heterocycles. The highest BCUT2D eigenvalue weighted by atomic mass is 32.2. The van der Waals surface area contributed by atoms with E-state index < -0.39 is 9.84 Å². The minimum Gasteiger partial charge on any atom is -0.352 e. The largest absolute Gasteiger partial charge is 0.352 e. The Kier molecular flexibility index (Phi) is 7.45. The number of aryl methyl sites for hydroxylation is 1. The number of nitrogens with one attached hydrogen (secondary N) is 2. The highest BCUT2D eigenvalue weighted by Crippen LogP contribution is 2.13. The molecule has 0 bridgehead atoms. The van der Waals surface area contributed by atoms with Gasteiger partial charge in [-0.1, -0.05) is 42.0 Å². The van der Waals surface area contributed by atoms with E-state index in [4.69, 9.17) is 0 Å². The first-order chi connectivity index (χ1) is 13.9. The molecule has 2 aromatic carbocycles. The van der Waals surface area contributed by atoms with Crippen LogP contribution >= 0.6 is 0 Å². The number of carbonyl (C=O) groups excluding carboxylic acids is 1. The molecule has 3 rings (SSSR count). The molecule has 1 amide bonds. The quantitative estimate of drug-likeness (QED) is 0.693. The lowest BCUT2D eigenvalue weighted by Crippen LogP contribution is -3.11. The van der Waals surface area contributed by atoms with Gasteiger partial charge in [-0.25, -0.2) is 8.42 Å². The highest BCUT2D eigenvalue weighted by Gasteiger charge is 2.18. The number of carbonyl (C=O) groups is 1. The molecule has 1 aliphatic heterocycles. The zero-order valence-corrected chi connectivity index (χ0v) is 17.9. The number of hydrogen-bond acceptors (Lipinski definition) is 3. The van der Waals surface area contributed by atoms with Gasteiger partial charge in [-0.2, -0.15) is 0 Å². The van der Waals surface area contributed by atoms with Crippen LogP contribution in [0.25, 0.3) is 0 Å². The smallest absolute Gasteiger partial charge is 0.221 e. The maximum Gasteiger partial charge on any atom is 0.221 e. The minimum atomic E-state index is -3.45. The van der Waals surface area contributed by atoms with Gasteiger partial charge in [0.15, 0.2) is 9.84 Å². The Morgan fingerprint density at radius 1 is 0.966 bits per heavy atom. The molecule has 0 radical (unpaired) electrons. The fourth-order valence-corrected chi connectivity index (χ4v) is 5.01. The number of hydrogen-bond donors (Lipinski definition) is 2. The van der Waals surface area contributed by atoms with Crippen molar-refractivity contribution in [1.29, 1.82) is 0 Å². The van der Waals surface area contributed by atoms with Crippen molar-refractivity contribution in [2.24, 2.45) is 0 Å². The van der Waals surface area contributed by atoms with Gasteiger partial charge >= 0.3 is 0 Å². The van der Waals surface area contributed by atoms with E-state index in [1.54, 1.807) is 29.2 Å². The maximum absolute atomic E-state index is 12.4. The second-order valence-corrected chi connectivity index (χ2v) is 10.0. The van der Waals surface area contributed by atoms with Gasteiger partial charge < -0.3 is 10.2 Å². The van der Waals surface area contributed by atoms with E-state index in [2.05, 4.69) is 11.4 Å². The lowest BCUT2D eigenvalue weighted by molar-refractivity contribution is -0.918. The van der Waals surface area contributed by atoms with Crippen LogP contribution in [0.2, 0.25) is 0 Å². The van der Waals surface area contributed by atoms with E-state index in [0.29, 0.717) is 6.54 Å². The van der Waals surface area contributed by atoms with Crippen molar-refractivity contribution in [2.75, 3.05) is 18.8 Å². The molecular weight excluding hydrogens is 384 g/mol. The number of amides is 1. The zero-order chi connectivity index (χ0) is 20.7. The Balaban J connectivity index is 1.52. The second kappa shape index (κ2) is 10.0. The normalized spacial score (nSPS) is 15.2. The third-order valence-corrected chi connectivity index (χ3v) is 7.31. The molecule has 5 nitrogen and oxygen atoms in total. The summed E-state index contributed by atoms with van der Waals surface area (Å²) >= 11 is 0. The van der Waals surface area contributed by atoms with E-state index in [-0.39, 0.29) is 23.0 Å². The third kappa shape index (κ3) is 6.41. The zero-order valence-electron chi connectivity index (χ0n) is 17.1. The van der Waals surface area contributed by atoms with Crippen LogP contribution in [0.15, 0.2) is 53.4 Å². The first-order valence-corrected chi connectivity index (χ1v) is 12.1. The number of rotatable bonds is 8. The molecule has 1 saturated heterocycles. The molecule has 1 aliphatic rings. The van der Waals surface area contributed by atoms with Crippen molar-refractivity contribution in [1.82, 2.24) is 5.32 Å². The van der Waals surface area contributed by atoms with E-state index in [1.807, 2.05) is 25.1 Å². The van der Waals surface area contributed by atoms with Crippen molar-refractivity contribution in [3.05, 3.63) is 65.2 Å². The van der Waals surface area contributed by atoms with E-state index >= 15 is 0 Å². The molecule has 2 N–H and O–H groups in total. The average molecular weight is 416 g/mol. The third-order valence-electron chi connectivity index (χ3n) is 5.57. The van der Waals surface area contributed by atoms with Gasteiger partial charge in [-0.3, -0.25) is 4.79 Å². The summed E-state index contributed by atoms with van der Waals surface area (Å²) in [5.74, 6) is -0.414. The van der Waals surface area contributed by atoms with Crippen LogP contribution in [0.1, 0.15) is 42.4 Å². The van der Waals surface area contributed by atoms with Crippen LogP contribution in [-0.2, 0) is 27.7 Å². The molecule has 1 fully saturated rings. The number of sulfone groups is 1. The first kappa shape index (κ1) is 21.5. The van der Waals surface area contributed by atoms with E-state index in [9.17, 15) is 13.2 Å². The van der Waals surface area contributed by atoms with Gasteiger partial charge in [0.1, 0.15) is 6.54 Å². The summed E-state index contributed by atoms with van der Waals surface area (Å²) in [6, 6.07) is 14.9. The standard InChI is InChI=1S/C23H30N2O3S/c1-19-9-11-22(12-10-19)29(27,28)16-13-23(26)24-17-20-7-3-4-8-21(20)18-25-14-5-2-6-15-25/h3-4,7-12H,2,5-6,13-18H2,1H3,(H,24,26)/p+1. The minimum absolute atomic E-state index is 0.0320. The van der Waals surface area contributed by atoms with Crippen LogP contribution in [0, 0.1) is 6.92 Å². The molecule has 29 heavy (non-hydrogen) atoms. The Morgan fingerprint density at radius 2 is 1.62 bits per heavy atom. The van der Waals surface area contributed by atoms with Gasteiger partial charge in [-0.05, 0) is 43.9 Å². The van der Waals surface area contributed by atoms with Gasteiger partial charge in [-0.15, -0.1) is 0 Å². The monoisotopic (exact) mass is 415 g/mol. The Hall–Kier alpha value is -2.18. The predicted octanol–water partition coefficient (Wildman–Crippen LogP) is 2.04. The average Bonchev–Trinajstić information content (AvgIpc) is 2.73. The number of benzene rings is 2. The van der Waals surface area contributed by atoms with Gasteiger partial charge in [0.2, 0.25) is 5.91 Å². The molecule has 156 valence electrons. The Bertz CT molecular complexity index is 917. The molecule has 6 heteroatoms. The molecule has 0 unspecified atom stereocenters. The first-order valence-electron chi connectivity index (χ1n) is 10.4. The van der Waals surface area contributed by atoms with Crippen LogP contribution in [0.4, 0.5) is 0 Å². The van der Waals surface area contributed by atoms with Crippen molar-refractivity contribution in [3.63, 3.8) is 0 Å². The highest BCUT2D eigenvalue weighted by molar-refractivity contribution is 7.91. The van der Waals surface area contributed by atoms with Crippen molar-refractivity contribution >= 4 is 15.7 Å². The topological polar surface area (TPSA) is 67.7 Å². The Morgan fingerprint density at radius 3 is 2.31 bits per heavy atom. The fourth-order valence-electron chi connectivity index (χ4n) is 3.77. The fraction of sp³-hybridized carbons (Fsp3) is 0.435. The summed E-state index contributed by atoms with van der Waals surface area (Å²) in [5.41, 5.74) is 3.38. The summed E-state index contributed by atoms with van der Waals surface area (Å²) in [6.45, 7) is 5.74. The van der Waals surface area contributed by atoms with Crippen LogP contribution < -0.4 is 10.2 Å². The molecule has 0 aliphatic carbocycles. The van der Waals surface area contributed by atoms with Crippen LogP contribution in [0.5, 0.6) is 0 Å². The van der Waals surface area contributed by atoms with E-state index in [1.165, 1.54) is 37.9 Å². The molecule has 0 aromatic heterocycles. The number of quaternary nitrogens is 1. The molecule has 0 spiro atoms. The van der Waals surface area contributed by atoms with Crippen LogP contribution in [0.3, 0.4) is 0 Å². The molecule has 0 atom stereocenters. The second-order valence-electron chi connectivity index (χ2n) is 7.91.